The Morgan fingerprint density at radius 3 is 2.92 bits per heavy atom. The molecule has 0 unspecified atom stereocenters. The number of rotatable bonds is 3. The van der Waals surface area contributed by atoms with E-state index in [0.717, 1.165) is 5.69 Å². The molecule has 0 aliphatic rings. The molecular formula is C8H12N2O2S. The third-order valence-corrected chi connectivity index (χ3v) is 1.95. The molecule has 13 heavy (non-hydrogen) atoms. The lowest BCUT2D eigenvalue weighted by atomic mass is 10.2. The Hall–Kier alpha value is -0.970. The molecule has 0 bridgehead atoms. The minimum Gasteiger partial charge on any atom is -0.462 e. The Kier molecular flexibility index (Phi) is 3.36. The molecule has 0 aliphatic carbocycles. The molecule has 1 aromatic rings. The van der Waals surface area contributed by atoms with Crippen LogP contribution in [0.4, 0.5) is 0 Å². The number of carbonyl (C=O) groups is 1. The summed E-state index contributed by atoms with van der Waals surface area (Å²) in [6, 6.07) is 0. The van der Waals surface area contributed by atoms with Crippen LogP contribution in [0, 0.1) is 6.92 Å². The molecule has 1 aromatic heterocycles. The van der Waals surface area contributed by atoms with Crippen molar-refractivity contribution in [2.45, 2.75) is 19.6 Å². The van der Waals surface area contributed by atoms with Gasteiger partial charge < -0.3 is 4.74 Å². The number of nitrogens with zero attached hydrogens (tertiary/aromatic N) is 1. The molecular weight excluding hydrogens is 188 g/mol. The van der Waals surface area contributed by atoms with E-state index in [0.29, 0.717) is 23.6 Å². The van der Waals surface area contributed by atoms with E-state index in [-0.39, 0.29) is 5.97 Å². The zero-order chi connectivity index (χ0) is 9.84. The van der Waals surface area contributed by atoms with Gasteiger partial charge in [-0.3, -0.25) is 5.10 Å². The normalized spacial score (nSPS) is 10.1. The Labute approximate surface area is 82.1 Å². The van der Waals surface area contributed by atoms with Crippen LogP contribution in [0.5, 0.6) is 0 Å². The summed E-state index contributed by atoms with van der Waals surface area (Å²) in [5, 5.41) is 6.66. The van der Waals surface area contributed by atoms with Gasteiger partial charge in [-0.05, 0) is 13.8 Å². The zero-order valence-corrected chi connectivity index (χ0v) is 8.52. The largest absolute Gasteiger partial charge is 0.462 e. The number of nitrogens with one attached hydrogen (secondary N) is 1. The van der Waals surface area contributed by atoms with E-state index < -0.39 is 0 Å². The van der Waals surface area contributed by atoms with Crippen molar-refractivity contribution in [1.29, 1.82) is 0 Å². The molecule has 1 N–H and O–H groups in total. The number of carbonyl (C=O) groups excluding carboxylic acids is 1. The molecule has 0 spiro atoms. The number of hydrogen-bond donors (Lipinski definition) is 2. The minimum absolute atomic E-state index is 0.335. The molecule has 0 saturated carbocycles. The number of aromatic amines is 1. The van der Waals surface area contributed by atoms with Gasteiger partial charge in [0.2, 0.25) is 0 Å². The number of H-pyrrole nitrogens is 1. The molecule has 4 nitrogen and oxygen atoms in total. The van der Waals surface area contributed by atoms with Gasteiger partial charge in [0.05, 0.1) is 12.3 Å². The van der Waals surface area contributed by atoms with Gasteiger partial charge in [-0.2, -0.15) is 17.7 Å². The van der Waals surface area contributed by atoms with Crippen molar-refractivity contribution in [2.75, 3.05) is 6.61 Å². The van der Waals surface area contributed by atoms with Gasteiger partial charge >= 0.3 is 5.97 Å². The summed E-state index contributed by atoms with van der Waals surface area (Å²) in [6.07, 6.45) is 0. The molecule has 0 fully saturated rings. The Bertz CT molecular complexity index is 309. The van der Waals surface area contributed by atoms with Gasteiger partial charge in [-0.25, -0.2) is 4.79 Å². The Morgan fingerprint density at radius 2 is 2.38 bits per heavy atom. The highest BCUT2D eigenvalue weighted by Gasteiger charge is 2.17. The van der Waals surface area contributed by atoms with E-state index in [9.17, 15) is 4.79 Å². The molecule has 1 rings (SSSR count). The summed E-state index contributed by atoms with van der Waals surface area (Å²) in [4.78, 5) is 11.4. The van der Waals surface area contributed by atoms with Gasteiger partial charge in [0.15, 0.2) is 0 Å². The number of thiol groups is 1. The second-order valence-corrected chi connectivity index (χ2v) is 2.87. The fourth-order valence-corrected chi connectivity index (χ4v) is 1.30. The van der Waals surface area contributed by atoms with Crippen LogP contribution in [-0.4, -0.2) is 22.8 Å². The highest BCUT2D eigenvalue weighted by Crippen LogP contribution is 2.13. The standard InChI is InChI=1S/C8H12N2O2S/c1-3-12-8(11)7-5(2)9-10-6(7)4-13/h13H,3-4H2,1-2H3,(H,9,10). The molecule has 5 heteroatoms. The van der Waals surface area contributed by atoms with E-state index in [1.807, 2.05) is 0 Å². The molecule has 1 heterocycles. The van der Waals surface area contributed by atoms with Crippen molar-refractivity contribution in [2.24, 2.45) is 0 Å². The minimum atomic E-state index is -0.335. The third-order valence-electron chi connectivity index (χ3n) is 1.65. The zero-order valence-electron chi connectivity index (χ0n) is 7.63. The molecule has 0 atom stereocenters. The van der Waals surface area contributed by atoms with Crippen LogP contribution in [0.2, 0.25) is 0 Å². The maximum Gasteiger partial charge on any atom is 0.341 e. The van der Waals surface area contributed by atoms with Crippen LogP contribution in [0.1, 0.15) is 28.7 Å². The smallest absolute Gasteiger partial charge is 0.341 e. The first-order valence-electron chi connectivity index (χ1n) is 4.02. The number of hydrogen-bond acceptors (Lipinski definition) is 4. The van der Waals surface area contributed by atoms with Crippen LogP contribution < -0.4 is 0 Å². The fraction of sp³-hybridized carbons (Fsp3) is 0.500. The summed E-state index contributed by atoms with van der Waals surface area (Å²) < 4.78 is 4.88. The monoisotopic (exact) mass is 200 g/mol. The Balaban J connectivity index is 2.96. The first-order chi connectivity index (χ1) is 6.20. The van der Waals surface area contributed by atoms with Gasteiger partial charge in [-0.1, -0.05) is 0 Å². The van der Waals surface area contributed by atoms with Crippen molar-refractivity contribution < 1.29 is 9.53 Å². The van der Waals surface area contributed by atoms with Gasteiger partial charge in [-0.15, -0.1) is 0 Å². The highest BCUT2D eigenvalue weighted by atomic mass is 32.1. The van der Waals surface area contributed by atoms with Crippen molar-refractivity contribution in [1.82, 2.24) is 10.2 Å². The van der Waals surface area contributed by atoms with E-state index in [2.05, 4.69) is 22.8 Å². The van der Waals surface area contributed by atoms with Gasteiger partial charge in [0.1, 0.15) is 5.56 Å². The molecule has 0 radical (unpaired) electrons. The summed E-state index contributed by atoms with van der Waals surface area (Å²) in [7, 11) is 0. The molecule has 0 saturated heterocycles. The average molecular weight is 200 g/mol. The third kappa shape index (κ3) is 2.03. The predicted molar refractivity (Wildman–Crippen MR) is 52.0 cm³/mol. The number of aryl methyl sites for hydroxylation is 1. The van der Waals surface area contributed by atoms with Crippen LogP contribution in [0.3, 0.4) is 0 Å². The van der Waals surface area contributed by atoms with E-state index >= 15 is 0 Å². The summed E-state index contributed by atoms with van der Waals surface area (Å²) in [5.74, 6) is 0.0937. The van der Waals surface area contributed by atoms with Crippen LogP contribution in [0.25, 0.3) is 0 Å². The van der Waals surface area contributed by atoms with Gasteiger partial charge in [0, 0.05) is 11.4 Å². The lowest BCUT2D eigenvalue weighted by Crippen LogP contribution is -2.07. The Morgan fingerprint density at radius 1 is 1.69 bits per heavy atom. The number of esters is 1. The first-order valence-corrected chi connectivity index (χ1v) is 4.65. The highest BCUT2D eigenvalue weighted by molar-refractivity contribution is 7.79. The maximum absolute atomic E-state index is 11.4. The number of ether oxygens (including phenoxy) is 1. The molecule has 0 aromatic carbocycles. The lowest BCUT2D eigenvalue weighted by Gasteiger charge is -2.01. The van der Waals surface area contributed by atoms with Crippen molar-refractivity contribution in [3.63, 3.8) is 0 Å². The summed E-state index contributed by atoms with van der Waals surface area (Å²) >= 11 is 4.07. The topological polar surface area (TPSA) is 55.0 Å². The number of aromatic nitrogens is 2. The quantitative estimate of drug-likeness (QED) is 0.571. The fourth-order valence-electron chi connectivity index (χ4n) is 1.07. The van der Waals surface area contributed by atoms with Gasteiger partial charge in [0.25, 0.3) is 0 Å². The van der Waals surface area contributed by atoms with E-state index in [1.54, 1.807) is 13.8 Å². The average Bonchev–Trinajstić information content (AvgIpc) is 2.47. The lowest BCUT2D eigenvalue weighted by molar-refractivity contribution is 0.0524. The first kappa shape index (κ1) is 10.1. The van der Waals surface area contributed by atoms with Crippen LogP contribution in [0.15, 0.2) is 0 Å². The summed E-state index contributed by atoms with van der Waals surface area (Å²) in [5.41, 5.74) is 1.87. The SMILES string of the molecule is CCOC(=O)c1c(CS)n[nH]c1C. The second-order valence-electron chi connectivity index (χ2n) is 2.55. The van der Waals surface area contributed by atoms with E-state index in [1.165, 1.54) is 0 Å². The van der Waals surface area contributed by atoms with E-state index in [4.69, 9.17) is 4.74 Å². The summed E-state index contributed by atoms with van der Waals surface area (Å²) in [6.45, 7) is 3.93. The van der Waals surface area contributed by atoms with Crippen molar-refractivity contribution >= 4 is 18.6 Å². The second kappa shape index (κ2) is 4.32. The van der Waals surface area contributed by atoms with Crippen molar-refractivity contribution in [3.8, 4) is 0 Å². The predicted octanol–water partition coefficient (Wildman–Crippen LogP) is 1.32. The van der Waals surface area contributed by atoms with Crippen LogP contribution in [-0.2, 0) is 10.5 Å². The maximum atomic E-state index is 11.4. The molecule has 0 amide bonds. The molecule has 72 valence electrons. The van der Waals surface area contributed by atoms with Crippen molar-refractivity contribution in [3.05, 3.63) is 17.0 Å². The molecule has 0 aliphatic heterocycles. The van der Waals surface area contributed by atoms with Crippen LogP contribution >= 0.6 is 12.6 Å².